The third-order valence-corrected chi connectivity index (χ3v) is 3.88. The van der Waals surface area contributed by atoms with Gasteiger partial charge < -0.3 is 4.74 Å². The van der Waals surface area contributed by atoms with Crippen molar-refractivity contribution >= 4 is 15.9 Å². The topological polar surface area (TPSA) is 9.23 Å². The molecule has 1 heterocycles. The fraction of sp³-hybridized carbons (Fsp3) is 0.467. The van der Waals surface area contributed by atoms with Crippen molar-refractivity contribution in [3.63, 3.8) is 0 Å². The van der Waals surface area contributed by atoms with Crippen LogP contribution in [0.4, 0.5) is 0 Å². The number of hydrogen-bond acceptors (Lipinski definition) is 1. The van der Waals surface area contributed by atoms with Gasteiger partial charge in [-0.25, -0.2) is 0 Å². The lowest BCUT2D eigenvalue weighted by atomic mass is 10.1. The zero-order chi connectivity index (χ0) is 12.5. The monoisotopic (exact) mass is 294 g/mol. The van der Waals surface area contributed by atoms with Gasteiger partial charge in [-0.1, -0.05) is 53.1 Å². The minimum Gasteiger partial charge on any atom is -0.365 e. The molecule has 0 aromatic heterocycles. The number of rotatable bonds is 3. The van der Waals surface area contributed by atoms with E-state index in [2.05, 4.69) is 53.1 Å². The summed E-state index contributed by atoms with van der Waals surface area (Å²) in [5.74, 6) is 2.50. The number of allylic oxidation sites excluding steroid dienone is 3. The summed E-state index contributed by atoms with van der Waals surface area (Å²) in [6, 6.07) is 0. The van der Waals surface area contributed by atoms with Crippen LogP contribution in [0.2, 0.25) is 0 Å². The van der Waals surface area contributed by atoms with Crippen LogP contribution in [0.25, 0.3) is 0 Å². The maximum atomic E-state index is 6.06. The van der Waals surface area contributed by atoms with Gasteiger partial charge in [-0.3, -0.25) is 0 Å². The molecule has 0 spiro atoms. The highest BCUT2D eigenvalue weighted by Gasteiger charge is 2.19. The van der Waals surface area contributed by atoms with Crippen LogP contribution in [-0.4, -0.2) is 17.0 Å². The molecule has 0 saturated carbocycles. The van der Waals surface area contributed by atoms with E-state index in [1.165, 1.54) is 0 Å². The van der Waals surface area contributed by atoms with Gasteiger partial charge in [0, 0.05) is 4.83 Å². The molecule has 3 unspecified atom stereocenters. The molecule has 2 heteroatoms. The Hall–Kier alpha value is -0.780. The van der Waals surface area contributed by atoms with Crippen LogP contribution in [0, 0.1) is 12.3 Å². The number of halogens is 1. The normalized spacial score (nSPS) is 30.9. The largest absolute Gasteiger partial charge is 0.365 e. The lowest BCUT2D eigenvalue weighted by Crippen LogP contribution is -2.27. The van der Waals surface area contributed by atoms with E-state index in [9.17, 15) is 0 Å². The third-order valence-electron chi connectivity index (χ3n) is 2.64. The molecule has 0 fully saturated rings. The SMILES string of the molecule is C#C/C=C\C1/C=C\C/C=C\CC(C(Br)CC)O1. The summed E-state index contributed by atoms with van der Waals surface area (Å²) in [7, 11) is 0. The molecule has 92 valence electrons. The first-order valence-corrected chi connectivity index (χ1v) is 6.93. The van der Waals surface area contributed by atoms with Crippen molar-refractivity contribution in [3.8, 4) is 12.3 Å². The fourth-order valence-electron chi connectivity index (χ4n) is 1.68. The maximum absolute atomic E-state index is 6.06. The lowest BCUT2D eigenvalue weighted by Gasteiger charge is -2.23. The maximum Gasteiger partial charge on any atom is 0.0951 e. The van der Waals surface area contributed by atoms with Gasteiger partial charge in [0.25, 0.3) is 0 Å². The first kappa shape index (κ1) is 14.3. The van der Waals surface area contributed by atoms with Crippen LogP contribution >= 0.6 is 15.9 Å². The van der Waals surface area contributed by atoms with Crippen LogP contribution in [-0.2, 0) is 4.74 Å². The molecule has 0 bridgehead atoms. The molecule has 0 radical (unpaired) electrons. The lowest BCUT2D eigenvalue weighted by molar-refractivity contribution is 0.0381. The minimum atomic E-state index is -0.0254. The number of hydrogen-bond donors (Lipinski definition) is 0. The van der Waals surface area contributed by atoms with Gasteiger partial charge in [-0.15, -0.1) is 6.42 Å². The van der Waals surface area contributed by atoms with Gasteiger partial charge in [-0.2, -0.15) is 0 Å². The summed E-state index contributed by atoms with van der Waals surface area (Å²) in [5.41, 5.74) is 0. The summed E-state index contributed by atoms with van der Waals surface area (Å²) in [5, 5.41) is 0. The highest BCUT2D eigenvalue weighted by molar-refractivity contribution is 9.09. The van der Waals surface area contributed by atoms with Crippen molar-refractivity contribution < 1.29 is 4.74 Å². The Labute approximate surface area is 113 Å². The molecule has 1 nitrogen and oxygen atoms in total. The molecule has 0 aromatic rings. The zero-order valence-electron chi connectivity index (χ0n) is 10.2. The van der Waals surface area contributed by atoms with Crippen LogP contribution in [0.5, 0.6) is 0 Å². The molecule has 3 atom stereocenters. The highest BCUT2D eigenvalue weighted by atomic mass is 79.9. The predicted octanol–water partition coefficient (Wildman–Crippen LogP) is 4.01. The smallest absolute Gasteiger partial charge is 0.0951 e. The average molecular weight is 295 g/mol. The van der Waals surface area contributed by atoms with E-state index in [0.717, 1.165) is 19.3 Å². The van der Waals surface area contributed by atoms with Crippen LogP contribution in [0.3, 0.4) is 0 Å². The molecule has 1 rings (SSSR count). The van der Waals surface area contributed by atoms with Crippen molar-refractivity contribution in [1.82, 2.24) is 0 Å². The Bertz CT molecular complexity index is 335. The Morgan fingerprint density at radius 2 is 2.35 bits per heavy atom. The molecule has 0 aromatic carbocycles. The molecule has 1 aliphatic rings. The standard InChI is InChI=1S/C15H19BrO/c1-3-5-10-13-11-8-6-7-9-12-15(17-13)14(16)4-2/h1,5,7-11,13-15H,4,6,12H2,2H3/b9-7-,10-5-,11-8-. The molecule has 0 aliphatic carbocycles. The quantitative estimate of drug-likeness (QED) is 0.434. The average Bonchev–Trinajstić information content (AvgIpc) is 2.47. The molecule has 17 heavy (non-hydrogen) atoms. The van der Waals surface area contributed by atoms with E-state index in [4.69, 9.17) is 11.2 Å². The number of ether oxygens (including phenoxy) is 1. The second kappa shape index (κ2) is 8.33. The first-order valence-electron chi connectivity index (χ1n) is 6.02. The molecular formula is C15H19BrO. The van der Waals surface area contributed by atoms with E-state index < -0.39 is 0 Å². The van der Waals surface area contributed by atoms with E-state index in [0.29, 0.717) is 4.83 Å². The second-order valence-electron chi connectivity index (χ2n) is 3.96. The highest BCUT2D eigenvalue weighted by Crippen LogP contribution is 2.20. The summed E-state index contributed by atoms with van der Waals surface area (Å²) in [4.78, 5) is 0.375. The van der Waals surface area contributed by atoms with Crippen LogP contribution in [0.1, 0.15) is 26.2 Å². The van der Waals surface area contributed by atoms with Crippen LogP contribution < -0.4 is 0 Å². The minimum absolute atomic E-state index is 0.0254. The number of terminal acetylenes is 1. The van der Waals surface area contributed by atoms with Crippen molar-refractivity contribution in [1.29, 1.82) is 0 Å². The van der Waals surface area contributed by atoms with E-state index >= 15 is 0 Å². The molecule has 1 aliphatic heterocycles. The van der Waals surface area contributed by atoms with Gasteiger partial charge in [0.15, 0.2) is 0 Å². The summed E-state index contributed by atoms with van der Waals surface area (Å²) < 4.78 is 6.06. The van der Waals surface area contributed by atoms with Crippen molar-refractivity contribution in [3.05, 3.63) is 36.5 Å². The molecular weight excluding hydrogens is 276 g/mol. The second-order valence-corrected chi connectivity index (χ2v) is 5.14. The fourth-order valence-corrected chi connectivity index (χ4v) is 2.02. The van der Waals surface area contributed by atoms with Gasteiger partial charge in [0.2, 0.25) is 0 Å². The Morgan fingerprint density at radius 3 is 3.06 bits per heavy atom. The Balaban J connectivity index is 2.74. The predicted molar refractivity (Wildman–Crippen MR) is 77.2 cm³/mol. The first-order chi connectivity index (χ1) is 8.27. The molecule has 0 amide bonds. The van der Waals surface area contributed by atoms with Crippen LogP contribution in [0.15, 0.2) is 36.5 Å². The van der Waals surface area contributed by atoms with E-state index in [-0.39, 0.29) is 12.2 Å². The van der Waals surface area contributed by atoms with Gasteiger partial charge >= 0.3 is 0 Å². The summed E-state index contributed by atoms with van der Waals surface area (Å²) in [6.07, 6.45) is 20.5. The summed E-state index contributed by atoms with van der Waals surface area (Å²) >= 11 is 3.67. The van der Waals surface area contributed by atoms with Crippen molar-refractivity contribution in [2.24, 2.45) is 0 Å². The van der Waals surface area contributed by atoms with Gasteiger partial charge in [0.05, 0.1) is 12.2 Å². The number of alkyl halides is 1. The van der Waals surface area contributed by atoms with E-state index in [1.54, 1.807) is 6.08 Å². The van der Waals surface area contributed by atoms with Crippen molar-refractivity contribution in [2.75, 3.05) is 0 Å². The van der Waals surface area contributed by atoms with Gasteiger partial charge in [0.1, 0.15) is 0 Å². The van der Waals surface area contributed by atoms with E-state index in [1.807, 2.05) is 6.08 Å². The Kier molecular flexibility index (Phi) is 7.00. The van der Waals surface area contributed by atoms with Gasteiger partial charge in [-0.05, 0) is 31.4 Å². The molecule has 0 saturated heterocycles. The molecule has 0 N–H and O–H groups in total. The van der Waals surface area contributed by atoms with Crippen molar-refractivity contribution in [2.45, 2.75) is 43.2 Å². The summed E-state index contributed by atoms with van der Waals surface area (Å²) in [6.45, 7) is 2.15. The third kappa shape index (κ3) is 5.39. The zero-order valence-corrected chi connectivity index (χ0v) is 11.8. The Morgan fingerprint density at radius 1 is 1.53 bits per heavy atom.